The molecule has 0 aromatic heterocycles. The summed E-state index contributed by atoms with van der Waals surface area (Å²) >= 11 is 7.34. The number of ether oxygens (including phenoxy) is 1. The summed E-state index contributed by atoms with van der Waals surface area (Å²) in [5.41, 5.74) is 0.354. The number of halogens is 1. The summed E-state index contributed by atoms with van der Waals surface area (Å²) in [5.74, 6) is 0.595. The average Bonchev–Trinajstić information content (AvgIpc) is 2.44. The Kier molecular flexibility index (Phi) is 5.93. The third kappa shape index (κ3) is 4.79. The molecule has 1 aliphatic rings. The number of rotatable bonds is 5. The Morgan fingerprint density at radius 3 is 2.95 bits per heavy atom. The van der Waals surface area contributed by atoms with Crippen LogP contribution in [-0.2, 0) is 9.59 Å². The first kappa shape index (κ1) is 16.9. The van der Waals surface area contributed by atoms with Gasteiger partial charge in [-0.15, -0.1) is 11.8 Å². The van der Waals surface area contributed by atoms with E-state index in [0.29, 0.717) is 22.9 Å². The minimum absolute atomic E-state index is 0.00825. The number of carbonyl (C=O) groups excluding carboxylic acids is 2. The molecule has 0 radical (unpaired) electrons. The summed E-state index contributed by atoms with van der Waals surface area (Å²) in [6, 6.07) is 5.15. The molecule has 0 aliphatic carbocycles. The summed E-state index contributed by atoms with van der Waals surface area (Å²) < 4.78 is 5.05. The molecular weight excluding hydrogens is 326 g/mol. The largest absolute Gasteiger partial charge is 0.495 e. The number of hydrogen-bond acceptors (Lipinski definition) is 5. The highest BCUT2D eigenvalue weighted by molar-refractivity contribution is 8.00. The van der Waals surface area contributed by atoms with Crippen LogP contribution in [0.5, 0.6) is 5.75 Å². The second-order valence-electron chi connectivity index (χ2n) is 4.93. The second kappa shape index (κ2) is 7.71. The van der Waals surface area contributed by atoms with Crippen LogP contribution in [0.25, 0.3) is 0 Å². The van der Waals surface area contributed by atoms with E-state index in [1.54, 1.807) is 18.2 Å². The fourth-order valence-electron chi connectivity index (χ4n) is 2.03. The summed E-state index contributed by atoms with van der Waals surface area (Å²) in [6.07, 6.45) is 0.452. The molecule has 1 fully saturated rings. The predicted octanol–water partition coefficient (Wildman–Crippen LogP) is 1.80. The van der Waals surface area contributed by atoms with Gasteiger partial charge >= 0.3 is 0 Å². The number of carbonyl (C=O) groups is 2. The molecule has 1 aromatic rings. The molecule has 8 heteroatoms. The van der Waals surface area contributed by atoms with Crippen LogP contribution in [0.15, 0.2) is 18.2 Å². The van der Waals surface area contributed by atoms with E-state index in [2.05, 4.69) is 16.0 Å². The molecule has 6 nitrogen and oxygen atoms in total. The number of methoxy groups -OCH3 is 1. The van der Waals surface area contributed by atoms with E-state index in [1.807, 2.05) is 6.92 Å². The van der Waals surface area contributed by atoms with Gasteiger partial charge in [0.05, 0.1) is 17.9 Å². The molecule has 1 heterocycles. The normalized spacial score (nSPS) is 21.1. The van der Waals surface area contributed by atoms with Crippen molar-refractivity contribution >= 4 is 40.9 Å². The molecule has 0 saturated carbocycles. The highest BCUT2D eigenvalue weighted by Crippen LogP contribution is 2.27. The monoisotopic (exact) mass is 343 g/mol. The molecule has 0 spiro atoms. The fraction of sp³-hybridized carbons (Fsp3) is 0.429. The third-order valence-corrected chi connectivity index (χ3v) is 4.35. The van der Waals surface area contributed by atoms with Crippen molar-refractivity contribution in [2.75, 3.05) is 18.2 Å². The van der Waals surface area contributed by atoms with Gasteiger partial charge in [-0.05, 0) is 25.1 Å². The number of amides is 2. The van der Waals surface area contributed by atoms with E-state index < -0.39 is 0 Å². The maximum atomic E-state index is 11.9. The van der Waals surface area contributed by atoms with Crippen LogP contribution < -0.4 is 20.7 Å². The molecule has 2 rings (SSSR count). The van der Waals surface area contributed by atoms with Crippen molar-refractivity contribution < 1.29 is 14.3 Å². The summed E-state index contributed by atoms with van der Waals surface area (Å²) in [4.78, 5) is 23.4. The van der Waals surface area contributed by atoms with Crippen LogP contribution in [0.1, 0.15) is 13.3 Å². The average molecular weight is 344 g/mol. The first-order chi connectivity index (χ1) is 10.5. The molecule has 2 atom stereocenters. The van der Waals surface area contributed by atoms with Crippen LogP contribution >= 0.6 is 23.4 Å². The topological polar surface area (TPSA) is 79.5 Å². The van der Waals surface area contributed by atoms with Crippen LogP contribution in [0, 0.1) is 0 Å². The molecule has 120 valence electrons. The number of thioether (sulfide) groups is 1. The lowest BCUT2D eigenvalue weighted by Gasteiger charge is -2.28. The van der Waals surface area contributed by atoms with Crippen molar-refractivity contribution in [3.63, 3.8) is 0 Å². The molecular formula is C14H18ClN3O3S. The Morgan fingerprint density at radius 2 is 2.32 bits per heavy atom. The van der Waals surface area contributed by atoms with E-state index in [4.69, 9.17) is 16.3 Å². The lowest BCUT2D eigenvalue weighted by Crippen LogP contribution is -2.53. The number of hydrogen-bond donors (Lipinski definition) is 3. The summed E-state index contributed by atoms with van der Waals surface area (Å²) in [6.45, 7) is 1.94. The smallest absolute Gasteiger partial charge is 0.234 e. The van der Waals surface area contributed by atoms with Crippen LogP contribution in [-0.4, -0.2) is 36.2 Å². The van der Waals surface area contributed by atoms with Gasteiger partial charge in [-0.2, -0.15) is 0 Å². The number of nitrogens with one attached hydrogen (secondary N) is 3. The molecule has 0 bridgehead atoms. The standard InChI is InChI=1S/C14H18ClN3O3S/c1-8-5-12(19)18-14(16-8)22-7-13(20)17-9-3-4-11(21-2)10(15)6-9/h3-4,6,8,14,16H,5,7H2,1-2H3,(H,17,20)(H,18,19). The van der Waals surface area contributed by atoms with Gasteiger partial charge in [0.2, 0.25) is 11.8 Å². The fourth-order valence-corrected chi connectivity index (χ4v) is 3.22. The molecule has 22 heavy (non-hydrogen) atoms. The minimum atomic E-state index is -0.249. The Hall–Kier alpha value is -1.44. The van der Waals surface area contributed by atoms with E-state index >= 15 is 0 Å². The maximum Gasteiger partial charge on any atom is 0.234 e. The third-order valence-electron chi connectivity index (χ3n) is 3.04. The zero-order valence-corrected chi connectivity index (χ0v) is 13.9. The highest BCUT2D eigenvalue weighted by Gasteiger charge is 2.23. The van der Waals surface area contributed by atoms with Gasteiger partial charge in [0.15, 0.2) is 0 Å². The van der Waals surface area contributed by atoms with Crippen molar-refractivity contribution in [2.24, 2.45) is 0 Å². The molecule has 2 amide bonds. The van der Waals surface area contributed by atoms with Crippen LogP contribution in [0.4, 0.5) is 5.69 Å². The minimum Gasteiger partial charge on any atom is -0.495 e. The van der Waals surface area contributed by atoms with Gasteiger partial charge in [-0.25, -0.2) is 0 Å². The quantitative estimate of drug-likeness (QED) is 0.759. The molecule has 1 saturated heterocycles. The summed E-state index contributed by atoms with van der Waals surface area (Å²) in [7, 11) is 1.53. The first-order valence-electron chi connectivity index (χ1n) is 6.78. The van der Waals surface area contributed by atoms with E-state index in [-0.39, 0.29) is 29.1 Å². The number of benzene rings is 1. The Balaban J connectivity index is 1.83. The predicted molar refractivity (Wildman–Crippen MR) is 88.2 cm³/mol. The Morgan fingerprint density at radius 1 is 1.55 bits per heavy atom. The molecule has 2 unspecified atom stereocenters. The van der Waals surface area contributed by atoms with Crippen molar-refractivity contribution in [3.05, 3.63) is 23.2 Å². The number of anilines is 1. The van der Waals surface area contributed by atoms with Gasteiger partial charge < -0.3 is 15.4 Å². The zero-order valence-electron chi connectivity index (χ0n) is 12.3. The van der Waals surface area contributed by atoms with Crippen molar-refractivity contribution in [1.82, 2.24) is 10.6 Å². The van der Waals surface area contributed by atoms with Gasteiger partial charge in [0.1, 0.15) is 11.2 Å². The van der Waals surface area contributed by atoms with Gasteiger partial charge in [0.25, 0.3) is 0 Å². The molecule has 3 N–H and O–H groups in total. The van der Waals surface area contributed by atoms with E-state index in [1.165, 1.54) is 18.9 Å². The van der Waals surface area contributed by atoms with Crippen molar-refractivity contribution in [3.8, 4) is 5.75 Å². The van der Waals surface area contributed by atoms with Gasteiger partial charge in [-0.3, -0.25) is 14.9 Å². The highest BCUT2D eigenvalue weighted by atomic mass is 35.5. The van der Waals surface area contributed by atoms with Crippen LogP contribution in [0.3, 0.4) is 0 Å². The van der Waals surface area contributed by atoms with E-state index in [0.717, 1.165) is 0 Å². The van der Waals surface area contributed by atoms with Crippen LogP contribution in [0.2, 0.25) is 5.02 Å². The lowest BCUT2D eigenvalue weighted by molar-refractivity contribution is -0.123. The summed E-state index contributed by atoms with van der Waals surface area (Å²) in [5, 5.41) is 9.18. The maximum absolute atomic E-state index is 11.9. The second-order valence-corrected chi connectivity index (χ2v) is 6.43. The molecule has 1 aliphatic heterocycles. The van der Waals surface area contributed by atoms with Gasteiger partial charge in [0, 0.05) is 18.2 Å². The van der Waals surface area contributed by atoms with Crippen molar-refractivity contribution in [1.29, 1.82) is 0 Å². The lowest BCUT2D eigenvalue weighted by atomic mass is 10.2. The SMILES string of the molecule is COc1ccc(NC(=O)CSC2NC(=O)CC(C)N2)cc1Cl. The first-order valence-corrected chi connectivity index (χ1v) is 8.21. The molecule has 1 aromatic carbocycles. The Bertz CT molecular complexity index is 570. The van der Waals surface area contributed by atoms with Gasteiger partial charge in [-0.1, -0.05) is 11.6 Å². The van der Waals surface area contributed by atoms with Crippen molar-refractivity contribution in [2.45, 2.75) is 24.9 Å². The van der Waals surface area contributed by atoms with E-state index in [9.17, 15) is 9.59 Å². The zero-order chi connectivity index (χ0) is 16.1. The Labute approximate surface area is 138 Å².